The van der Waals surface area contributed by atoms with Crippen molar-refractivity contribution in [3.8, 4) is 0 Å². The third-order valence-corrected chi connectivity index (χ3v) is 5.57. The van der Waals surface area contributed by atoms with Crippen LogP contribution in [0.4, 0.5) is 0 Å². The minimum atomic E-state index is -0.610. The number of aliphatic imine (C=N–C) groups is 1. The van der Waals surface area contributed by atoms with Crippen LogP contribution in [0, 0.1) is 5.92 Å². The summed E-state index contributed by atoms with van der Waals surface area (Å²) in [4.78, 5) is 7.95. The minimum absolute atomic E-state index is 0. The van der Waals surface area contributed by atoms with Crippen LogP contribution in [0.25, 0.3) is 0 Å². The molecule has 5 nitrogen and oxygen atoms in total. The topological polar surface area (TPSA) is 59.9 Å². The number of rotatable bonds is 7. The van der Waals surface area contributed by atoms with Gasteiger partial charge in [0.1, 0.15) is 6.10 Å². The fourth-order valence-corrected chi connectivity index (χ4v) is 4.10. The Balaban J connectivity index is 0.00000338. The fourth-order valence-electron chi connectivity index (χ4n) is 3.06. The Morgan fingerprint density at radius 3 is 2.62 bits per heavy atom. The summed E-state index contributed by atoms with van der Waals surface area (Å²) in [5.74, 6) is 1.50. The quantitative estimate of drug-likeness (QED) is 0.295. The van der Waals surface area contributed by atoms with E-state index >= 15 is 0 Å². The van der Waals surface area contributed by atoms with E-state index in [1.165, 1.54) is 17.9 Å². The molecule has 0 radical (unpaired) electrons. The number of aliphatic hydroxyl groups is 1. The van der Waals surface area contributed by atoms with Crippen LogP contribution in [0.15, 0.2) is 17.1 Å². The predicted molar refractivity (Wildman–Crippen MR) is 123 cm³/mol. The molecule has 1 aliphatic rings. The van der Waals surface area contributed by atoms with E-state index < -0.39 is 6.10 Å². The van der Waals surface area contributed by atoms with Crippen molar-refractivity contribution in [3.63, 3.8) is 0 Å². The molecule has 0 amide bonds. The highest BCUT2D eigenvalue weighted by atomic mass is 127. The second-order valence-corrected chi connectivity index (χ2v) is 8.74. The molecule has 1 fully saturated rings. The number of aliphatic hydroxyl groups excluding tert-OH is 1. The van der Waals surface area contributed by atoms with Crippen LogP contribution in [0.3, 0.4) is 0 Å². The highest BCUT2D eigenvalue weighted by Crippen LogP contribution is 2.26. The molecule has 2 heterocycles. The fraction of sp³-hybridized carbons (Fsp3) is 0.722. The van der Waals surface area contributed by atoms with Crippen molar-refractivity contribution in [1.82, 2.24) is 15.5 Å². The van der Waals surface area contributed by atoms with Crippen LogP contribution in [0.5, 0.6) is 0 Å². The Labute approximate surface area is 183 Å². The molecule has 0 aromatic carbocycles. The van der Waals surface area contributed by atoms with Gasteiger partial charge in [-0.25, -0.2) is 0 Å². The molecule has 2 rings (SSSR count). The average Bonchev–Trinajstić information content (AvgIpc) is 3.00. The maximum atomic E-state index is 10.3. The van der Waals surface area contributed by atoms with Gasteiger partial charge in [0.25, 0.3) is 0 Å². The van der Waals surface area contributed by atoms with Crippen molar-refractivity contribution in [3.05, 3.63) is 21.3 Å². The van der Waals surface area contributed by atoms with Gasteiger partial charge in [-0.2, -0.15) is 0 Å². The molecule has 1 atom stereocenters. The monoisotopic (exact) mass is 514 g/mol. The van der Waals surface area contributed by atoms with Gasteiger partial charge >= 0.3 is 0 Å². The summed E-state index contributed by atoms with van der Waals surface area (Å²) in [6.07, 6.45) is 1.64. The molecule has 8 heteroatoms. The standard InChI is InChI=1S/C18H31ClN4OS.HI/c1-4-20-18(21-11-15(24)16-5-6-17(19)25-16)22-14-7-9-23(10-8-14)12-13(2)3;/h5-6,13-15,24H,4,7-12H2,1-3H3,(H2,20,21,22);1H. The van der Waals surface area contributed by atoms with E-state index in [1.807, 2.05) is 12.1 Å². The summed E-state index contributed by atoms with van der Waals surface area (Å²) in [6, 6.07) is 4.11. The molecular formula is C18H32ClIN4OS. The Bertz CT molecular complexity index is 547. The number of hydrogen-bond donors (Lipinski definition) is 3. The lowest BCUT2D eigenvalue weighted by Crippen LogP contribution is -2.49. The third-order valence-electron chi connectivity index (χ3n) is 4.24. The van der Waals surface area contributed by atoms with Crippen LogP contribution < -0.4 is 10.6 Å². The van der Waals surface area contributed by atoms with E-state index in [0.29, 0.717) is 16.9 Å². The number of nitrogens with one attached hydrogen (secondary N) is 2. The van der Waals surface area contributed by atoms with Gasteiger partial charge in [0, 0.05) is 37.1 Å². The first-order chi connectivity index (χ1) is 12.0. The van der Waals surface area contributed by atoms with Crippen molar-refractivity contribution in [1.29, 1.82) is 0 Å². The lowest BCUT2D eigenvalue weighted by Gasteiger charge is -2.34. The van der Waals surface area contributed by atoms with Gasteiger partial charge < -0.3 is 20.6 Å². The summed E-state index contributed by atoms with van der Waals surface area (Å²) in [7, 11) is 0. The van der Waals surface area contributed by atoms with Crippen molar-refractivity contribution in [2.45, 2.75) is 45.8 Å². The molecule has 150 valence electrons. The Morgan fingerprint density at radius 1 is 1.38 bits per heavy atom. The zero-order valence-corrected chi connectivity index (χ0v) is 19.8. The molecule has 1 unspecified atom stereocenters. The van der Waals surface area contributed by atoms with E-state index in [-0.39, 0.29) is 24.0 Å². The number of hydrogen-bond acceptors (Lipinski definition) is 4. The van der Waals surface area contributed by atoms with E-state index in [0.717, 1.165) is 49.2 Å². The number of piperidine rings is 1. The summed E-state index contributed by atoms with van der Waals surface area (Å²) in [5.41, 5.74) is 0. The maximum Gasteiger partial charge on any atom is 0.191 e. The molecule has 1 saturated heterocycles. The summed E-state index contributed by atoms with van der Waals surface area (Å²) >= 11 is 7.33. The lowest BCUT2D eigenvalue weighted by molar-refractivity contribution is 0.185. The van der Waals surface area contributed by atoms with Gasteiger partial charge in [0.2, 0.25) is 0 Å². The lowest BCUT2D eigenvalue weighted by atomic mass is 10.0. The SMILES string of the molecule is CCNC(=NCC(O)c1ccc(Cl)s1)NC1CCN(CC(C)C)CC1.I. The third kappa shape index (κ3) is 8.29. The van der Waals surface area contributed by atoms with Crippen molar-refractivity contribution in [2.75, 3.05) is 32.7 Å². The highest BCUT2D eigenvalue weighted by Gasteiger charge is 2.20. The van der Waals surface area contributed by atoms with Crippen LogP contribution in [-0.4, -0.2) is 54.7 Å². The van der Waals surface area contributed by atoms with Crippen LogP contribution in [-0.2, 0) is 0 Å². The number of likely N-dealkylation sites (tertiary alicyclic amines) is 1. The highest BCUT2D eigenvalue weighted by molar-refractivity contribution is 14.0. The van der Waals surface area contributed by atoms with Crippen molar-refractivity contribution in [2.24, 2.45) is 10.9 Å². The van der Waals surface area contributed by atoms with Gasteiger partial charge in [-0.3, -0.25) is 4.99 Å². The van der Waals surface area contributed by atoms with Gasteiger partial charge in [-0.05, 0) is 37.8 Å². The van der Waals surface area contributed by atoms with Crippen molar-refractivity contribution >= 4 is 52.9 Å². The molecule has 0 bridgehead atoms. The Morgan fingerprint density at radius 2 is 2.08 bits per heavy atom. The van der Waals surface area contributed by atoms with Crippen LogP contribution in [0.1, 0.15) is 44.6 Å². The molecule has 0 aliphatic carbocycles. The van der Waals surface area contributed by atoms with Crippen LogP contribution >= 0.6 is 46.9 Å². The first kappa shape index (κ1) is 23.9. The average molecular weight is 515 g/mol. The molecule has 0 spiro atoms. The second kappa shape index (κ2) is 12.4. The van der Waals surface area contributed by atoms with Gasteiger partial charge in [0.15, 0.2) is 5.96 Å². The molecule has 1 aromatic heterocycles. The Kier molecular flexibility index (Phi) is 11.4. The number of nitrogens with zero attached hydrogens (tertiary/aromatic N) is 2. The van der Waals surface area contributed by atoms with Gasteiger partial charge in [-0.1, -0.05) is 25.4 Å². The summed E-state index contributed by atoms with van der Waals surface area (Å²) in [6.45, 7) is 11.2. The molecule has 1 aliphatic heterocycles. The van der Waals surface area contributed by atoms with Gasteiger partial charge in [-0.15, -0.1) is 35.3 Å². The van der Waals surface area contributed by atoms with Crippen LogP contribution in [0.2, 0.25) is 4.34 Å². The largest absolute Gasteiger partial charge is 0.386 e. The molecule has 3 N–H and O–H groups in total. The normalized spacial score (nSPS) is 17.8. The maximum absolute atomic E-state index is 10.3. The summed E-state index contributed by atoms with van der Waals surface area (Å²) < 4.78 is 0.691. The van der Waals surface area contributed by atoms with Crippen molar-refractivity contribution < 1.29 is 5.11 Å². The molecule has 1 aromatic rings. The zero-order chi connectivity index (χ0) is 18.2. The first-order valence-electron chi connectivity index (χ1n) is 9.18. The second-order valence-electron chi connectivity index (χ2n) is 6.99. The van der Waals surface area contributed by atoms with E-state index in [9.17, 15) is 5.11 Å². The zero-order valence-electron chi connectivity index (χ0n) is 15.9. The van der Waals surface area contributed by atoms with E-state index in [1.54, 1.807) is 0 Å². The Hall–Kier alpha value is -0.0900. The number of thiophene rings is 1. The van der Waals surface area contributed by atoms with E-state index in [2.05, 4.69) is 41.3 Å². The van der Waals surface area contributed by atoms with Gasteiger partial charge in [0.05, 0.1) is 10.9 Å². The minimum Gasteiger partial charge on any atom is -0.386 e. The molecule has 26 heavy (non-hydrogen) atoms. The number of halogens is 2. The summed E-state index contributed by atoms with van der Waals surface area (Å²) in [5, 5.41) is 17.1. The molecule has 0 saturated carbocycles. The first-order valence-corrected chi connectivity index (χ1v) is 10.4. The smallest absolute Gasteiger partial charge is 0.191 e. The predicted octanol–water partition coefficient (Wildman–Crippen LogP) is 3.73. The van der Waals surface area contributed by atoms with E-state index in [4.69, 9.17) is 11.6 Å². The number of guanidine groups is 1. The molecular weight excluding hydrogens is 483 g/mol.